The second kappa shape index (κ2) is 3.54. The van der Waals surface area contributed by atoms with Gasteiger partial charge in [-0.3, -0.25) is 0 Å². The monoisotopic (exact) mass is 200 g/mol. The van der Waals surface area contributed by atoms with Gasteiger partial charge in [0, 0.05) is 5.41 Å². The number of hydrogen-bond acceptors (Lipinski definition) is 2. The van der Waals surface area contributed by atoms with E-state index >= 15 is 0 Å². The predicted octanol–water partition coefficient (Wildman–Crippen LogP) is 2.53. The van der Waals surface area contributed by atoms with Crippen LogP contribution in [0.4, 0.5) is 0 Å². The average Bonchev–Trinajstić information content (AvgIpc) is 2.56. The zero-order valence-electron chi connectivity index (χ0n) is 9.20. The molecule has 1 aromatic carbocycles. The minimum Gasteiger partial charge on any atom is -0.512 e. The van der Waals surface area contributed by atoms with E-state index in [1.807, 2.05) is 24.3 Å². The topological polar surface area (TPSA) is 18.5 Å². The van der Waals surface area contributed by atoms with Gasteiger partial charge in [-0.05, 0) is 32.9 Å². The van der Waals surface area contributed by atoms with Gasteiger partial charge >= 0.3 is 7.12 Å². The standard InChI is InChI=1S/C12H13BO2/c1-12(2,3)8-9-13-14-10-6-4-5-7-11(10)15-13/h4-7H,1-3H3. The summed E-state index contributed by atoms with van der Waals surface area (Å²) >= 11 is 0. The first kappa shape index (κ1) is 9.98. The van der Waals surface area contributed by atoms with Crippen LogP contribution in [0.2, 0.25) is 0 Å². The normalized spacial score (nSPS) is 13.4. The van der Waals surface area contributed by atoms with Crippen molar-refractivity contribution >= 4 is 7.12 Å². The lowest BCUT2D eigenvalue weighted by atomic mass is 9.88. The Morgan fingerprint density at radius 2 is 1.60 bits per heavy atom. The van der Waals surface area contributed by atoms with E-state index in [9.17, 15) is 0 Å². The third-order valence-corrected chi connectivity index (χ3v) is 1.88. The molecule has 0 atom stereocenters. The summed E-state index contributed by atoms with van der Waals surface area (Å²) in [6, 6.07) is 7.60. The summed E-state index contributed by atoms with van der Waals surface area (Å²) in [6.07, 6.45) is 0. The van der Waals surface area contributed by atoms with Gasteiger partial charge in [-0.2, -0.15) is 0 Å². The van der Waals surface area contributed by atoms with Gasteiger partial charge in [-0.25, -0.2) is 0 Å². The van der Waals surface area contributed by atoms with Crippen LogP contribution in [-0.2, 0) is 0 Å². The Kier molecular flexibility index (Phi) is 2.36. The highest BCUT2D eigenvalue weighted by molar-refractivity contribution is 6.57. The molecule has 0 fully saturated rings. The molecule has 3 heteroatoms. The first-order valence-corrected chi connectivity index (χ1v) is 5.00. The van der Waals surface area contributed by atoms with Crippen molar-refractivity contribution in [3.63, 3.8) is 0 Å². The molecule has 0 saturated carbocycles. The molecule has 76 valence electrons. The molecule has 0 saturated heterocycles. The fraction of sp³-hybridized carbons (Fsp3) is 0.333. The number of benzene rings is 1. The first-order valence-electron chi connectivity index (χ1n) is 5.00. The van der Waals surface area contributed by atoms with E-state index in [0.29, 0.717) is 0 Å². The Morgan fingerprint density at radius 3 is 2.07 bits per heavy atom. The maximum absolute atomic E-state index is 5.51. The molecule has 0 amide bonds. The zero-order chi connectivity index (χ0) is 10.9. The second-order valence-corrected chi connectivity index (χ2v) is 4.53. The minimum atomic E-state index is -0.457. The van der Waals surface area contributed by atoms with Crippen molar-refractivity contribution < 1.29 is 9.31 Å². The maximum atomic E-state index is 5.51. The highest BCUT2D eigenvalue weighted by Gasteiger charge is 2.30. The van der Waals surface area contributed by atoms with E-state index in [-0.39, 0.29) is 5.41 Å². The van der Waals surface area contributed by atoms with Crippen LogP contribution in [0.3, 0.4) is 0 Å². The minimum absolute atomic E-state index is 0.0263. The van der Waals surface area contributed by atoms with Gasteiger partial charge in [0.2, 0.25) is 0 Å². The lowest BCUT2D eigenvalue weighted by Gasteiger charge is -2.07. The Labute approximate surface area is 90.7 Å². The molecule has 0 N–H and O–H groups in total. The molecule has 2 rings (SSSR count). The molecule has 2 nitrogen and oxygen atoms in total. The van der Waals surface area contributed by atoms with Gasteiger partial charge in [-0.15, -0.1) is 5.92 Å². The zero-order valence-corrected chi connectivity index (χ0v) is 9.20. The molecule has 1 aliphatic heterocycles. The van der Waals surface area contributed by atoms with Crippen LogP contribution in [0.25, 0.3) is 0 Å². The molecule has 15 heavy (non-hydrogen) atoms. The lowest BCUT2D eigenvalue weighted by Crippen LogP contribution is -2.23. The van der Waals surface area contributed by atoms with Crippen LogP contribution in [0, 0.1) is 17.2 Å². The van der Waals surface area contributed by atoms with Crippen molar-refractivity contribution in [3.05, 3.63) is 24.3 Å². The highest BCUT2D eigenvalue weighted by Crippen LogP contribution is 2.32. The lowest BCUT2D eigenvalue weighted by molar-refractivity contribution is 0.518. The fourth-order valence-corrected chi connectivity index (χ4v) is 1.23. The van der Waals surface area contributed by atoms with Crippen LogP contribution >= 0.6 is 0 Å². The first-order chi connectivity index (χ1) is 7.04. The predicted molar refractivity (Wildman–Crippen MR) is 60.7 cm³/mol. The molecular formula is C12H13BO2. The smallest absolute Gasteiger partial charge is 0.512 e. The number of hydrogen-bond donors (Lipinski definition) is 0. The largest absolute Gasteiger partial charge is 0.690 e. The molecule has 0 spiro atoms. The third kappa shape index (κ3) is 2.47. The maximum Gasteiger partial charge on any atom is 0.690 e. The van der Waals surface area contributed by atoms with Crippen molar-refractivity contribution in [3.8, 4) is 23.2 Å². The quantitative estimate of drug-likeness (QED) is 0.473. The Balaban J connectivity index is 2.10. The summed E-state index contributed by atoms with van der Waals surface area (Å²) < 4.78 is 11.0. The van der Waals surface area contributed by atoms with Crippen molar-refractivity contribution in [2.75, 3.05) is 0 Å². The third-order valence-electron chi connectivity index (χ3n) is 1.88. The van der Waals surface area contributed by atoms with E-state index in [0.717, 1.165) is 11.5 Å². The molecule has 1 heterocycles. The summed E-state index contributed by atoms with van der Waals surface area (Å²) in [5.74, 6) is 7.61. The molecule has 0 radical (unpaired) electrons. The Hall–Kier alpha value is -1.56. The molecule has 0 aliphatic carbocycles. The molecule has 0 bridgehead atoms. The fourth-order valence-electron chi connectivity index (χ4n) is 1.23. The SMILES string of the molecule is CC(C)(C)C#CB1Oc2ccccc2O1. The highest BCUT2D eigenvalue weighted by atomic mass is 16.6. The summed E-state index contributed by atoms with van der Waals surface area (Å²) in [7, 11) is -0.457. The Bertz CT molecular complexity index is 398. The van der Waals surface area contributed by atoms with E-state index in [4.69, 9.17) is 9.31 Å². The molecule has 1 aromatic rings. The van der Waals surface area contributed by atoms with Crippen molar-refractivity contribution in [2.24, 2.45) is 5.41 Å². The van der Waals surface area contributed by atoms with Gasteiger partial charge in [0.1, 0.15) is 11.5 Å². The van der Waals surface area contributed by atoms with Crippen LogP contribution in [-0.4, -0.2) is 7.12 Å². The molecule has 0 aromatic heterocycles. The Morgan fingerprint density at radius 1 is 1.07 bits per heavy atom. The summed E-state index contributed by atoms with van der Waals surface area (Å²) in [4.78, 5) is 0. The van der Waals surface area contributed by atoms with Gasteiger partial charge in [0.15, 0.2) is 0 Å². The number of para-hydroxylation sites is 2. The summed E-state index contributed by atoms with van der Waals surface area (Å²) in [5, 5.41) is 0. The van der Waals surface area contributed by atoms with E-state index < -0.39 is 7.12 Å². The molecular weight excluding hydrogens is 187 g/mol. The van der Waals surface area contributed by atoms with Crippen molar-refractivity contribution in [1.29, 1.82) is 0 Å². The van der Waals surface area contributed by atoms with Crippen LogP contribution < -0.4 is 9.31 Å². The van der Waals surface area contributed by atoms with Crippen molar-refractivity contribution in [1.82, 2.24) is 0 Å². The van der Waals surface area contributed by atoms with Gasteiger partial charge in [0.05, 0.1) is 0 Å². The van der Waals surface area contributed by atoms with Crippen LogP contribution in [0.1, 0.15) is 20.8 Å². The van der Waals surface area contributed by atoms with Gasteiger partial charge in [0.25, 0.3) is 0 Å². The van der Waals surface area contributed by atoms with Crippen LogP contribution in [0.15, 0.2) is 24.3 Å². The molecule has 0 unspecified atom stereocenters. The number of fused-ring (bicyclic) bond motifs is 1. The number of rotatable bonds is 0. The van der Waals surface area contributed by atoms with Crippen molar-refractivity contribution in [2.45, 2.75) is 20.8 Å². The van der Waals surface area contributed by atoms with Gasteiger partial charge in [-0.1, -0.05) is 18.0 Å². The van der Waals surface area contributed by atoms with E-state index in [1.165, 1.54) is 0 Å². The van der Waals surface area contributed by atoms with E-state index in [2.05, 4.69) is 32.5 Å². The van der Waals surface area contributed by atoms with Gasteiger partial charge < -0.3 is 9.31 Å². The molecule has 1 aliphatic rings. The summed E-state index contributed by atoms with van der Waals surface area (Å²) in [6.45, 7) is 6.17. The average molecular weight is 200 g/mol. The van der Waals surface area contributed by atoms with Crippen LogP contribution in [0.5, 0.6) is 11.5 Å². The summed E-state index contributed by atoms with van der Waals surface area (Å²) in [5.41, 5.74) is -0.0263. The second-order valence-electron chi connectivity index (χ2n) is 4.53. The van der Waals surface area contributed by atoms with E-state index in [1.54, 1.807) is 0 Å².